The average molecular weight is 240 g/mol. The third-order valence-electron chi connectivity index (χ3n) is 2.80. The Morgan fingerprint density at radius 1 is 1.00 bits per heavy atom. The lowest BCUT2D eigenvalue weighted by Crippen LogP contribution is -2.43. The molecule has 0 amide bonds. The van der Waals surface area contributed by atoms with E-state index in [2.05, 4.69) is 0 Å². The van der Waals surface area contributed by atoms with Crippen LogP contribution in [0.2, 0.25) is 0 Å². The summed E-state index contributed by atoms with van der Waals surface area (Å²) in [6.07, 6.45) is 0. The minimum absolute atomic E-state index is 0.0215. The molecular formula is C11H16N2O4. The molecule has 2 rings (SSSR count). The van der Waals surface area contributed by atoms with Crippen LogP contribution in [0.3, 0.4) is 0 Å². The van der Waals surface area contributed by atoms with Gasteiger partial charge in [-0.15, -0.1) is 0 Å². The van der Waals surface area contributed by atoms with Crippen molar-refractivity contribution in [2.24, 2.45) is 0 Å². The standard InChI is InChI=1S/C11H16N2O4/c1-11(2)16-9(14)7(10(15)17-11)8-12(3)5-6-13(8)4/h5-6H2,1-4H3. The monoisotopic (exact) mass is 240 g/mol. The maximum Gasteiger partial charge on any atom is 0.352 e. The van der Waals surface area contributed by atoms with Gasteiger partial charge in [-0.1, -0.05) is 0 Å². The van der Waals surface area contributed by atoms with Crippen molar-refractivity contribution in [2.45, 2.75) is 19.6 Å². The van der Waals surface area contributed by atoms with E-state index < -0.39 is 17.7 Å². The van der Waals surface area contributed by atoms with Crippen LogP contribution in [-0.4, -0.2) is 54.7 Å². The van der Waals surface area contributed by atoms with Crippen molar-refractivity contribution in [1.29, 1.82) is 0 Å². The summed E-state index contributed by atoms with van der Waals surface area (Å²) in [7, 11) is 3.65. The Morgan fingerprint density at radius 2 is 1.41 bits per heavy atom. The zero-order valence-corrected chi connectivity index (χ0v) is 10.4. The lowest BCUT2D eigenvalue weighted by molar-refractivity contribution is -0.222. The molecule has 2 heterocycles. The first-order valence-electron chi connectivity index (χ1n) is 5.45. The molecule has 94 valence electrons. The molecule has 0 aromatic rings. The molecule has 0 atom stereocenters. The number of ether oxygens (including phenoxy) is 2. The second-order valence-corrected chi connectivity index (χ2v) is 4.72. The van der Waals surface area contributed by atoms with Crippen LogP contribution < -0.4 is 0 Å². The first-order valence-corrected chi connectivity index (χ1v) is 5.45. The molecule has 0 N–H and O–H groups in total. The lowest BCUT2D eigenvalue weighted by Gasteiger charge is -2.32. The van der Waals surface area contributed by atoms with Crippen LogP contribution >= 0.6 is 0 Å². The number of cyclic esters (lactones) is 2. The highest BCUT2D eigenvalue weighted by molar-refractivity contribution is 6.15. The summed E-state index contributed by atoms with van der Waals surface area (Å²) in [5.41, 5.74) is -0.0215. The first-order chi connectivity index (χ1) is 7.82. The molecule has 6 nitrogen and oxygen atoms in total. The fourth-order valence-corrected chi connectivity index (χ4v) is 2.02. The van der Waals surface area contributed by atoms with Gasteiger partial charge >= 0.3 is 11.9 Å². The van der Waals surface area contributed by atoms with E-state index in [0.717, 1.165) is 13.1 Å². The van der Waals surface area contributed by atoms with Crippen LogP contribution in [0.25, 0.3) is 0 Å². The minimum Gasteiger partial charge on any atom is -0.419 e. The molecule has 0 radical (unpaired) electrons. The third kappa shape index (κ3) is 1.94. The summed E-state index contributed by atoms with van der Waals surface area (Å²) >= 11 is 0. The molecule has 0 aromatic carbocycles. The van der Waals surface area contributed by atoms with Crippen molar-refractivity contribution >= 4 is 11.9 Å². The first kappa shape index (κ1) is 11.8. The van der Waals surface area contributed by atoms with Gasteiger partial charge < -0.3 is 19.3 Å². The van der Waals surface area contributed by atoms with E-state index in [4.69, 9.17) is 9.47 Å². The van der Waals surface area contributed by atoms with Crippen molar-refractivity contribution < 1.29 is 19.1 Å². The van der Waals surface area contributed by atoms with Gasteiger partial charge in [0.15, 0.2) is 5.57 Å². The van der Waals surface area contributed by atoms with E-state index in [1.165, 1.54) is 13.8 Å². The normalized spacial score (nSPS) is 24.0. The van der Waals surface area contributed by atoms with Crippen molar-refractivity contribution in [3.8, 4) is 0 Å². The van der Waals surface area contributed by atoms with E-state index in [1.807, 2.05) is 23.9 Å². The van der Waals surface area contributed by atoms with Gasteiger partial charge in [0.25, 0.3) is 5.79 Å². The van der Waals surface area contributed by atoms with E-state index >= 15 is 0 Å². The van der Waals surface area contributed by atoms with Crippen molar-refractivity contribution in [2.75, 3.05) is 27.2 Å². The summed E-state index contributed by atoms with van der Waals surface area (Å²) in [5.74, 6) is -1.87. The molecule has 2 aliphatic heterocycles. The summed E-state index contributed by atoms with van der Waals surface area (Å²) in [6.45, 7) is 4.59. The molecule has 17 heavy (non-hydrogen) atoms. The van der Waals surface area contributed by atoms with Crippen LogP contribution in [0, 0.1) is 0 Å². The molecule has 0 bridgehead atoms. The highest BCUT2D eigenvalue weighted by atomic mass is 16.7. The van der Waals surface area contributed by atoms with Gasteiger partial charge in [-0.05, 0) is 0 Å². The minimum atomic E-state index is -1.19. The van der Waals surface area contributed by atoms with E-state index in [1.54, 1.807) is 0 Å². The van der Waals surface area contributed by atoms with Crippen LogP contribution in [0.15, 0.2) is 11.4 Å². The van der Waals surface area contributed by atoms with Gasteiger partial charge in [-0.3, -0.25) is 0 Å². The maximum absolute atomic E-state index is 11.9. The highest BCUT2D eigenvalue weighted by Crippen LogP contribution is 2.28. The Balaban J connectivity index is 2.42. The van der Waals surface area contributed by atoms with Gasteiger partial charge in [0, 0.05) is 41.0 Å². The molecule has 0 spiro atoms. The second kappa shape index (κ2) is 3.65. The van der Waals surface area contributed by atoms with Crippen molar-refractivity contribution in [1.82, 2.24) is 9.80 Å². The Bertz CT molecular complexity index is 380. The molecule has 0 unspecified atom stereocenters. The predicted octanol–water partition coefficient (Wildman–Crippen LogP) is -0.0887. The fourth-order valence-electron chi connectivity index (χ4n) is 2.02. The summed E-state index contributed by atoms with van der Waals surface area (Å²) in [6, 6.07) is 0. The molecule has 6 heteroatoms. The Kier molecular flexibility index (Phi) is 2.52. The molecule has 0 aliphatic carbocycles. The third-order valence-corrected chi connectivity index (χ3v) is 2.80. The number of hydrogen-bond donors (Lipinski definition) is 0. The van der Waals surface area contributed by atoms with Crippen molar-refractivity contribution in [3.63, 3.8) is 0 Å². The Labute approximate surface area is 99.8 Å². The summed E-state index contributed by atoms with van der Waals surface area (Å²) in [5, 5.41) is 0. The number of carbonyl (C=O) groups is 2. The number of esters is 2. The smallest absolute Gasteiger partial charge is 0.352 e. The van der Waals surface area contributed by atoms with Crippen molar-refractivity contribution in [3.05, 3.63) is 11.4 Å². The quantitative estimate of drug-likeness (QED) is 0.335. The van der Waals surface area contributed by atoms with Crippen LogP contribution in [0.4, 0.5) is 0 Å². The van der Waals surface area contributed by atoms with E-state index in [-0.39, 0.29) is 5.57 Å². The van der Waals surface area contributed by atoms with E-state index in [9.17, 15) is 9.59 Å². The molecular weight excluding hydrogens is 224 g/mol. The molecule has 2 saturated heterocycles. The SMILES string of the molecule is CN1CCN(C)C1=C1C(=O)OC(C)(C)OC1=O. The lowest BCUT2D eigenvalue weighted by atomic mass is 10.2. The molecule has 2 aliphatic rings. The van der Waals surface area contributed by atoms with Gasteiger partial charge in [0.2, 0.25) is 0 Å². The largest absolute Gasteiger partial charge is 0.419 e. The number of nitrogens with zero attached hydrogens (tertiary/aromatic N) is 2. The van der Waals surface area contributed by atoms with Gasteiger partial charge in [0.05, 0.1) is 0 Å². The Hall–Kier alpha value is -1.72. The van der Waals surface area contributed by atoms with Gasteiger partial charge in [0.1, 0.15) is 5.82 Å². The van der Waals surface area contributed by atoms with E-state index in [0.29, 0.717) is 5.82 Å². The maximum atomic E-state index is 11.9. The number of rotatable bonds is 0. The van der Waals surface area contributed by atoms with Crippen LogP contribution in [0.1, 0.15) is 13.8 Å². The topological polar surface area (TPSA) is 59.1 Å². The zero-order chi connectivity index (χ0) is 12.8. The molecule has 0 aromatic heterocycles. The zero-order valence-electron chi connectivity index (χ0n) is 10.4. The van der Waals surface area contributed by atoms with Gasteiger partial charge in [-0.25, -0.2) is 9.59 Å². The number of hydrogen-bond acceptors (Lipinski definition) is 6. The van der Waals surface area contributed by atoms with Crippen LogP contribution in [-0.2, 0) is 19.1 Å². The predicted molar refractivity (Wildman–Crippen MR) is 58.5 cm³/mol. The Morgan fingerprint density at radius 3 is 1.82 bits per heavy atom. The molecule has 0 saturated carbocycles. The number of likely N-dealkylation sites (N-methyl/N-ethyl adjacent to an activating group) is 2. The highest BCUT2D eigenvalue weighted by Gasteiger charge is 2.43. The average Bonchev–Trinajstić information content (AvgIpc) is 2.46. The van der Waals surface area contributed by atoms with Gasteiger partial charge in [-0.2, -0.15) is 0 Å². The number of carbonyl (C=O) groups excluding carboxylic acids is 2. The summed E-state index contributed by atoms with van der Waals surface area (Å²) in [4.78, 5) is 27.4. The van der Waals surface area contributed by atoms with Crippen LogP contribution in [0.5, 0.6) is 0 Å². The fraction of sp³-hybridized carbons (Fsp3) is 0.636. The summed E-state index contributed by atoms with van der Waals surface area (Å²) < 4.78 is 10.1. The molecule has 2 fully saturated rings. The second-order valence-electron chi connectivity index (χ2n) is 4.72.